The standard InChI is InChI=1S/C19H29NO2S/c1-15(14-23-17-10-6-5-7-11-17)13-16-9-8-12-20(16)18(21)22-19(2,3)4/h5-7,10-11,15-16H,8-9,12-14H2,1-4H3/t15-,16-/m1/s1. The molecule has 128 valence electrons. The van der Waals surface area contributed by atoms with Crippen molar-refractivity contribution in [3.05, 3.63) is 30.3 Å². The molecule has 0 unspecified atom stereocenters. The summed E-state index contributed by atoms with van der Waals surface area (Å²) in [6.07, 6.45) is 3.09. The molecule has 1 amide bonds. The smallest absolute Gasteiger partial charge is 0.410 e. The van der Waals surface area contributed by atoms with Crippen LogP contribution in [0.15, 0.2) is 35.2 Å². The quantitative estimate of drug-likeness (QED) is 0.692. The number of likely N-dealkylation sites (tertiary alicyclic amines) is 1. The summed E-state index contributed by atoms with van der Waals surface area (Å²) >= 11 is 1.90. The maximum atomic E-state index is 12.3. The number of thioether (sulfide) groups is 1. The molecule has 0 aromatic heterocycles. The van der Waals surface area contributed by atoms with Gasteiger partial charge in [0.05, 0.1) is 0 Å². The van der Waals surface area contributed by atoms with Gasteiger partial charge in [0.1, 0.15) is 5.60 Å². The Morgan fingerprint density at radius 3 is 2.70 bits per heavy atom. The van der Waals surface area contributed by atoms with Gasteiger partial charge in [-0.1, -0.05) is 25.1 Å². The van der Waals surface area contributed by atoms with Crippen LogP contribution in [0, 0.1) is 5.92 Å². The highest BCUT2D eigenvalue weighted by Crippen LogP contribution is 2.28. The van der Waals surface area contributed by atoms with E-state index in [1.165, 1.54) is 4.90 Å². The molecule has 1 heterocycles. The van der Waals surface area contributed by atoms with Gasteiger partial charge < -0.3 is 9.64 Å². The molecule has 2 rings (SSSR count). The SMILES string of the molecule is C[C@@H](CSc1ccccc1)C[C@H]1CCCN1C(=O)OC(C)(C)C. The Morgan fingerprint density at radius 1 is 1.35 bits per heavy atom. The third-order valence-corrected chi connectivity index (χ3v) is 5.30. The Balaban J connectivity index is 1.82. The Labute approximate surface area is 144 Å². The van der Waals surface area contributed by atoms with Crippen LogP contribution in [0.2, 0.25) is 0 Å². The third-order valence-electron chi connectivity index (χ3n) is 3.96. The topological polar surface area (TPSA) is 29.5 Å². The van der Waals surface area contributed by atoms with E-state index in [9.17, 15) is 4.79 Å². The van der Waals surface area contributed by atoms with Crippen LogP contribution in [-0.4, -0.2) is 34.9 Å². The maximum absolute atomic E-state index is 12.3. The van der Waals surface area contributed by atoms with Crippen LogP contribution >= 0.6 is 11.8 Å². The van der Waals surface area contributed by atoms with Crippen molar-refractivity contribution in [1.82, 2.24) is 4.90 Å². The first-order valence-electron chi connectivity index (χ1n) is 8.52. The number of benzene rings is 1. The number of hydrogen-bond acceptors (Lipinski definition) is 3. The van der Waals surface area contributed by atoms with Gasteiger partial charge in [0.25, 0.3) is 0 Å². The highest BCUT2D eigenvalue weighted by Gasteiger charge is 2.32. The molecule has 1 aliphatic heterocycles. The van der Waals surface area contributed by atoms with E-state index in [4.69, 9.17) is 4.74 Å². The van der Waals surface area contributed by atoms with Crippen molar-refractivity contribution in [1.29, 1.82) is 0 Å². The normalized spacial score (nSPS) is 19.7. The lowest BCUT2D eigenvalue weighted by atomic mass is 10.0. The monoisotopic (exact) mass is 335 g/mol. The van der Waals surface area contributed by atoms with Crippen LogP contribution in [0.5, 0.6) is 0 Å². The molecule has 23 heavy (non-hydrogen) atoms. The number of carbonyl (C=O) groups excluding carboxylic acids is 1. The van der Waals surface area contributed by atoms with Crippen LogP contribution in [0.25, 0.3) is 0 Å². The fourth-order valence-electron chi connectivity index (χ4n) is 2.93. The molecule has 0 N–H and O–H groups in total. The lowest BCUT2D eigenvalue weighted by Crippen LogP contribution is -2.40. The van der Waals surface area contributed by atoms with Crippen molar-refractivity contribution in [3.63, 3.8) is 0 Å². The number of nitrogens with zero attached hydrogens (tertiary/aromatic N) is 1. The first kappa shape index (κ1) is 18.2. The molecule has 2 atom stereocenters. The van der Waals surface area contributed by atoms with Gasteiger partial charge in [0, 0.05) is 23.2 Å². The summed E-state index contributed by atoms with van der Waals surface area (Å²) in [5.74, 6) is 1.66. The van der Waals surface area contributed by atoms with Gasteiger partial charge in [-0.25, -0.2) is 4.79 Å². The number of rotatable bonds is 5. The molecule has 0 radical (unpaired) electrons. The second-order valence-electron chi connectivity index (χ2n) is 7.43. The Bertz CT molecular complexity index is 498. The number of amides is 1. The summed E-state index contributed by atoms with van der Waals surface area (Å²) in [4.78, 5) is 15.6. The zero-order valence-electron chi connectivity index (χ0n) is 14.7. The molecule has 0 aliphatic carbocycles. The summed E-state index contributed by atoms with van der Waals surface area (Å²) < 4.78 is 5.54. The number of carbonyl (C=O) groups is 1. The molecule has 3 nitrogen and oxygen atoms in total. The van der Waals surface area contributed by atoms with Gasteiger partial charge in [-0.2, -0.15) is 0 Å². The average Bonchev–Trinajstić information content (AvgIpc) is 2.93. The van der Waals surface area contributed by atoms with E-state index >= 15 is 0 Å². The van der Waals surface area contributed by atoms with Crippen LogP contribution < -0.4 is 0 Å². The van der Waals surface area contributed by atoms with Gasteiger partial charge in [-0.05, 0) is 58.1 Å². The molecule has 1 saturated heterocycles. The molecule has 1 aliphatic rings. The van der Waals surface area contributed by atoms with Crippen molar-refractivity contribution < 1.29 is 9.53 Å². The Kier molecular flexibility index (Phi) is 6.40. The zero-order valence-corrected chi connectivity index (χ0v) is 15.6. The molecular formula is C19H29NO2S. The van der Waals surface area contributed by atoms with E-state index in [2.05, 4.69) is 31.2 Å². The fraction of sp³-hybridized carbons (Fsp3) is 0.632. The first-order chi connectivity index (χ1) is 10.8. The molecule has 4 heteroatoms. The third kappa shape index (κ3) is 6.09. The largest absolute Gasteiger partial charge is 0.444 e. The summed E-state index contributed by atoms with van der Waals surface area (Å²) in [7, 11) is 0. The summed E-state index contributed by atoms with van der Waals surface area (Å²) in [6, 6.07) is 10.8. The minimum absolute atomic E-state index is 0.150. The van der Waals surface area contributed by atoms with Gasteiger partial charge in [0.15, 0.2) is 0 Å². The van der Waals surface area contributed by atoms with E-state index in [0.717, 1.165) is 31.6 Å². The van der Waals surface area contributed by atoms with Gasteiger partial charge in [0.2, 0.25) is 0 Å². The Morgan fingerprint density at radius 2 is 2.04 bits per heavy atom. The molecule has 1 fully saturated rings. The molecule has 1 aromatic carbocycles. The van der Waals surface area contributed by atoms with Gasteiger partial charge >= 0.3 is 6.09 Å². The van der Waals surface area contributed by atoms with Gasteiger partial charge in [-0.3, -0.25) is 0 Å². The van der Waals surface area contributed by atoms with Crippen molar-refractivity contribution >= 4 is 17.9 Å². The van der Waals surface area contributed by atoms with E-state index in [0.29, 0.717) is 12.0 Å². The van der Waals surface area contributed by atoms with E-state index in [-0.39, 0.29) is 6.09 Å². The van der Waals surface area contributed by atoms with Crippen molar-refractivity contribution in [2.45, 2.75) is 63.5 Å². The lowest BCUT2D eigenvalue weighted by Gasteiger charge is -2.29. The Hall–Kier alpha value is -1.16. The summed E-state index contributed by atoms with van der Waals surface area (Å²) in [6.45, 7) is 8.89. The predicted octanol–water partition coefficient (Wildman–Crippen LogP) is 5.20. The van der Waals surface area contributed by atoms with Crippen LogP contribution in [0.4, 0.5) is 4.79 Å². The summed E-state index contributed by atoms with van der Waals surface area (Å²) in [5, 5.41) is 0. The van der Waals surface area contributed by atoms with Crippen LogP contribution in [-0.2, 0) is 4.74 Å². The second-order valence-corrected chi connectivity index (χ2v) is 8.53. The minimum Gasteiger partial charge on any atom is -0.444 e. The zero-order chi connectivity index (χ0) is 16.9. The second kappa shape index (κ2) is 8.09. The van der Waals surface area contributed by atoms with Crippen LogP contribution in [0.3, 0.4) is 0 Å². The average molecular weight is 336 g/mol. The number of ether oxygens (including phenoxy) is 1. The number of hydrogen-bond donors (Lipinski definition) is 0. The van der Waals surface area contributed by atoms with Gasteiger partial charge in [-0.15, -0.1) is 11.8 Å². The van der Waals surface area contributed by atoms with Crippen molar-refractivity contribution in [3.8, 4) is 0 Å². The molecule has 1 aromatic rings. The van der Waals surface area contributed by atoms with Crippen LogP contribution in [0.1, 0.15) is 47.0 Å². The highest BCUT2D eigenvalue weighted by atomic mass is 32.2. The van der Waals surface area contributed by atoms with E-state index < -0.39 is 5.60 Å². The lowest BCUT2D eigenvalue weighted by molar-refractivity contribution is 0.0212. The highest BCUT2D eigenvalue weighted by molar-refractivity contribution is 7.99. The summed E-state index contributed by atoms with van der Waals surface area (Å²) in [5.41, 5.74) is -0.418. The molecular weight excluding hydrogens is 306 g/mol. The molecule has 0 saturated carbocycles. The first-order valence-corrected chi connectivity index (χ1v) is 9.51. The van der Waals surface area contributed by atoms with E-state index in [1.54, 1.807) is 0 Å². The van der Waals surface area contributed by atoms with E-state index in [1.807, 2.05) is 43.5 Å². The minimum atomic E-state index is -0.418. The van der Waals surface area contributed by atoms with Crippen molar-refractivity contribution in [2.75, 3.05) is 12.3 Å². The molecule has 0 spiro atoms. The predicted molar refractivity (Wildman–Crippen MR) is 96.9 cm³/mol. The maximum Gasteiger partial charge on any atom is 0.410 e. The van der Waals surface area contributed by atoms with Crippen molar-refractivity contribution in [2.24, 2.45) is 5.92 Å². The molecule has 0 bridgehead atoms. The fourth-order valence-corrected chi connectivity index (χ4v) is 3.89.